The van der Waals surface area contributed by atoms with Crippen molar-refractivity contribution in [2.45, 2.75) is 58.1 Å². The van der Waals surface area contributed by atoms with Crippen molar-refractivity contribution in [2.75, 3.05) is 11.3 Å². The molecule has 0 bridgehead atoms. The first-order valence-corrected chi connectivity index (χ1v) is 14.0. The molecule has 1 aromatic heterocycles. The Hall–Kier alpha value is -3.42. The lowest BCUT2D eigenvalue weighted by atomic mass is 9.86. The highest BCUT2D eigenvalue weighted by atomic mass is 32.2. The standard InChI is InChI=1S/C31H32N2O4S/c1-18-25(29(30(34)35)37-31(2,3)4)26(21-12-13-24-20(15-21)11-8-14-36-24)22-16-23(19-9-6-5-7-10-19)33-17-38-32-27(18)28(22)33/h5-7,9-10,12-13,15-16,29,32H,8,11,14,17H2,1-4H3,(H,34,35). The third-order valence-electron chi connectivity index (χ3n) is 7.24. The molecule has 6 nitrogen and oxygen atoms in total. The van der Waals surface area contributed by atoms with Crippen molar-refractivity contribution in [3.8, 4) is 28.1 Å². The maximum Gasteiger partial charge on any atom is 0.337 e. The summed E-state index contributed by atoms with van der Waals surface area (Å²) in [5.74, 6) is 0.662. The number of ether oxygens (including phenoxy) is 2. The van der Waals surface area contributed by atoms with Crippen LogP contribution in [0.4, 0.5) is 5.69 Å². The van der Waals surface area contributed by atoms with Gasteiger partial charge in [-0.15, -0.1) is 0 Å². The Balaban J connectivity index is 1.71. The molecule has 0 spiro atoms. The third-order valence-corrected chi connectivity index (χ3v) is 7.98. The maximum absolute atomic E-state index is 12.8. The average Bonchev–Trinajstić information content (AvgIpc) is 3.29. The first-order chi connectivity index (χ1) is 18.2. The molecule has 0 radical (unpaired) electrons. The summed E-state index contributed by atoms with van der Waals surface area (Å²) in [5, 5.41) is 11.5. The Morgan fingerprint density at radius 1 is 1.13 bits per heavy atom. The van der Waals surface area contributed by atoms with Crippen LogP contribution in [0.1, 0.15) is 50.0 Å². The lowest BCUT2D eigenvalue weighted by Gasteiger charge is -2.30. The molecule has 4 aromatic rings. The smallest absolute Gasteiger partial charge is 0.337 e. The van der Waals surface area contributed by atoms with Gasteiger partial charge in [0.25, 0.3) is 0 Å². The Labute approximate surface area is 227 Å². The van der Waals surface area contributed by atoms with Gasteiger partial charge in [-0.25, -0.2) is 4.79 Å². The van der Waals surface area contributed by atoms with Gasteiger partial charge in [-0.2, -0.15) is 0 Å². The molecule has 2 aliphatic rings. The number of nitrogens with one attached hydrogen (secondary N) is 1. The maximum atomic E-state index is 12.8. The van der Waals surface area contributed by atoms with Gasteiger partial charge in [0.05, 0.1) is 35.0 Å². The number of aliphatic carboxylic acids is 1. The zero-order chi connectivity index (χ0) is 26.6. The van der Waals surface area contributed by atoms with Crippen LogP contribution in [0.3, 0.4) is 0 Å². The minimum absolute atomic E-state index is 0.647. The summed E-state index contributed by atoms with van der Waals surface area (Å²) in [6.07, 6.45) is 0.779. The lowest BCUT2D eigenvalue weighted by molar-refractivity contribution is -0.160. The highest BCUT2D eigenvalue weighted by Crippen LogP contribution is 2.49. The number of rotatable bonds is 5. The molecule has 7 heteroatoms. The highest BCUT2D eigenvalue weighted by molar-refractivity contribution is 7.99. The number of hydrogen-bond donors (Lipinski definition) is 2. The molecule has 6 rings (SSSR count). The number of benzene rings is 3. The largest absolute Gasteiger partial charge is 0.493 e. The second-order valence-corrected chi connectivity index (χ2v) is 11.7. The molecule has 0 aliphatic carbocycles. The van der Waals surface area contributed by atoms with Crippen LogP contribution in [-0.2, 0) is 21.8 Å². The highest BCUT2D eigenvalue weighted by Gasteiger charge is 2.35. The summed E-state index contributed by atoms with van der Waals surface area (Å²) < 4.78 is 18.0. The molecule has 38 heavy (non-hydrogen) atoms. The number of carboxylic acid groups (broad SMARTS) is 1. The van der Waals surface area contributed by atoms with Crippen molar-refractivity contribution in [3.63, 3.8) is 0 Å². The molecule has 196 valence electrons. The molecule has 2 N–H and O–H groups in total. The average molecular weight is 529 g/mol. The van der Waals surface area contributed by atoms with Crippen LogP contribution >= 0.6 is 11.9 Å². The van der Waals surface area contributed by atoms with E-state index in [9.17, 15) is 9.90 Å². The molecule has 1 atom stereocenters. The summed E-state index contributed by atoms with van der Waals surface area (Å²) in [6, 6.07) is 18.8. The fourth-order valence-electron chi connectivity index (χ4n) is 5.67. The SMILES string of the molecule is Cc1c(C(OC(C)(C)C)C(=O)O)c(-c2ccc3c(c2)CCCO3)c2cc(-c3ccccc3)n3c2c1NSC3. The number of anilines is 1. The van der Waals surface area contributed by atoms with E-state index in [1.54, 1.807) is 11.9 Å². The first kappa shape index (κ1) is 24.9. The van der Waals surface area contributed by atoms with E-state index in [1.165, 1.54) is 0 Å². The van der Waals surface area contributed by atoms with Crippen LogP contribution in [-0.4, -0.2) is 27.9 Å². The van der Waals surface area contributed by atoms with E-state index in [-0.39, 0.29) is 0 Å². The van der Waals surface area contributed by atoms with Crippen LogP contribution in [0.15, 0.2) is 54.6 Å². The summed E-state index contributed by atoms with van der Waals surface area (Å²) in [5.41, 5.74) is 8.26. The predicted octanol–water partition coefficient (Wildman–Crippen LogP) is 7.58. The minimum atomic E-state index is -1.13. The van der Waals surface area contributed by atoms with E-state index in [0.717, 1.165) is 81.2 Å². The van der Waals surface area contributed by atoms with Crippen molar-refractivity contribution in [1.29, 1.82) is 0 Å². The van der Waals surface area contributed by atoms with Crippen molar-refractivity contribution in [2.24, 2.45) is 0 Å². The zero-order valence-electron chi connectivity index (χ0n) is 22.1. The molecule has 0 amide bonds. The van der Waals surface area contributed by atoms with Gasteiger partial charge in [0.15, 0.2) is 6.10 Å². The Morgan fingerprint density at radius 2 is 1.92 bits per heavy atom. The number of nitrogens with zero attached hydrogens (tertiary/aromatic N) is 1. The normalized spacial score (nSPS) is 15.5. The Bertz CT molecular complexity index is 1550. The van der Waals surface area contributed by atoms with E-state index in [1.807, 2.05) is 52.0 Å². The Morgan fingerprint density at radius 3 is 2.66 bits per heavy atom. The summed E-state index contributed by atoms with van der Waals surface area (Å²) >= 11 is 1.61. The lowest BCUT2D eigenvalue weighted by Crippen LogP contribution is -2.28. The number of carbonyl (C=O) groups is 1. The molecule has 1 unspecified atom stereocenters. The predicted molar refractivity (Wildman–Crippen MR) is 154 cm³/mol. The molecule has 0 fully saturated rings. The van der Waals surface area contributed by atoms with Crippen LogP contribution in [0.2, 0.25) is 0 Å². The summed E-state index contributed by atoms with van der Waals surface area (Å²) in [7, 11) is 0. The zero-order valence-corrected chi connectivity index (χ0v) is 22.9. The number of fused-ring (bicyclic) bond motifs is 1. The monoisotopic (exact) mass is 528 g/mol. The van der Waals surface area contributed by atoms with E-state index in [4.69, 9.17) is 9.47 Å². The van der Waals surface area contributed by atoms with Crippen LogP contribution in [0.25, 0.3) is 33.3 Å². The van der Waals surface area contributed by atoms with Crippen molar-refractivity contribution >= 4 is 34.5 Å². The molecule has 3 aromatic carbocycles. The molecule has 2 aliphatic heterocycles. The van der Waals surface area contributed by atoms with Crippen LogP contribution in [0, 0.1) is 6.92 Å². The second kappa shape index (κ2) is 9.40. The van der Waals surface area contributed by atoms with Gasteiger partial charge in [0.1, 0.15) is 5.75 Å². The Kier molecular flexibility index (Phi) is 6.16. The first-order valence-electron chi connectivity index (χ1n) is 13.0. The van der Waals surface area contributed by atoms with Gasteiger partial charge in [0, 0.05) is 10.9 Å². The summed E-state index contributed by atoms with van der Waals surface area (Å²) in [4.78, 5) is 12.8. The fraction of sp³-hybridized carbons (Fsp3) is 0.323. The minimum Gasteiger partial charge on any atom is -0.493 e. The van der Waals surface area contributed by atoms with Crippen LogP contribution < -0.4 is 9.46 Å². The second-order valence-electron chi connectivity index (χ2n) is 11.0. The van der Waals surface area contributed by atoms with Crippen molar-refractivity contribution in [1.82, 2.24) is 4.57 Å². The van der Waals surface area contributed by atoms with Gasteiger partial charge in [-0.05, 0) is 98.5 Å². The fourth-order valence-corrected chi connectivity index (χ4v) is 6.53. The van der Waals surface area contributed by atoms with E-state index in [2.05, 4.69) is 39.6 Å². The number of hydrogen-bond acceptors (Lipinski definition) is 5. The topological polar surface area (TPSA) is 72.7 Å². The number of carboxylic acids is 1. The third kappa shape index (κ3) is 4.24. The van der Waals surface area contributed by atoms with Crippen LogP contribution in [0.5, 0.6) is 5.75 Å². The van der Waals surface area contributed by atoms with Gasteiger partial charge in [0.2, 0.25) is 0 Å². The summed E-state index contributed by atoms with van der Waals surface area (Å²) in [6.45, 7) is 8.43. The van der Waals surface area contributed by atoms with Gasteiger partial charge >= 0.3 is 5.97 Å². The van der Waals surface area contributed by atoms with E-state index in [0.29, 0.717) is 5.56 Å². The van der Waals surface area contributed by atoms with Crippen molar-refractivity contribution < 1.29 is 19.4 Å². The van der Waals surface area contributed by atoms with Gasteiger partial charge in [-0.3, -0.25) is 0 Å². The number of aryl methyl sites for hydroxylation is 1. The van der Waals surface area contributed by atoms with E-state index >= 15 is 0 Å². The molecule has 3 heterocycles. The molecule has 0 saturated carbocycles. The molecular formula is C31H32N2O4S. The number of aromatic nitrogens is 1. The molecular weight excluding hydrogens is 496 g/mol. The van der Waals surface area contributed by atoms with Gasteiger partial charge in [-0.1, -0.05) is 36.4 Å². The quantitative estimate of drug-likeness (QED) is 0.260. The van der Waals surface area contributed by atoms with E-state index < -0.39 is 17.7 Å². The molecule has 0 saturated heterocycles. The van der Waals surface area contributed by atoms with Gasteiger partial charge < -0.3 is 23.9 Å². The van der Waals surface area contributed by atoms with Crippen molar-refractivity contribution in [3.05, 3.63) is 71.3 Å².